The molecule has 5 nitrogen and oxygen atoms in total. The first-order valence-electron chi connectivity index (χ1n) is 8.09. The Morgan fingerprint density at radius 1 is 1.35 bits per heavy atom. The van der Waals surface area contributed by atoms with E-state index in [4.69, 9.17) is 4.74 Å². The van der Waals surface area contributed by atoms with Crippen LogP contribution in [0, 0.1) is 0 Å². The van der Waals surface area contributed by atoms with Crippen molar-refractivity contribution in [2.45, 2.75) is 37.5 Å². The van der Waals surface area contributed by atoms with Gasteiger partial charge in [0.25, 0.3) is 0 Å². The highest BCUT2D eigenvalue weighted by Gasteiger charge is 2.43. The van der Waals surface area contributed by atoms with E-state index < -0.39 is 0 Å². The zero-order valence-electron chi connectivity index (χ0n) is 13.1. The molecule has 1 N–H and O–H groups in total. The summed E-state index contributed by atoms with van der Waals surface area (Å²) >= 11 is 0. The van der Waals surface area contributed by atoms with Crippen LogP contribution in [0.2, 0.25) is 0 Å². The summed E-state index contributed by atoms with van der Waals surface area (Å²) in [7, 11) is 0. The lowest BCUT2D eigenvalue weighted by molar-refractivity contribution is -0.137. The van der Waals surface area contributed by atoms with E-state index in [1.807, 2.05) is 23.1 Å². The van der Waals surface area contributed by atoms with Crippen LogP contribution in [0.4, 0.5) is 0 Å². The third-order valence-electron chi connectivity index (χ3n) is 4.60. The van der Waals surface area contributed by atoms with Crippen LogP contribution >= 0.6 is 0 Å². The van der Waals surface area contributed by atoms with Crippen molar-refractivity contribution in [3.05, 3.63) is 48.6 Å². The minimum atomic E-state index is -0.322. The van der Waals surface area contributed by atoms with Gasteiger partial charge in [0.15, 0.2) is 0 Å². The van der Waals surface area contributed by atoms with Gasteiger partial charge in [-0.3, -0.25) is 9.59 Å². The Balaban J connectivity index is 1.66. The Morgan fingerprint density at radius 3 is 2.87 bits per heavy atom. The lowest BCUT2D eigenvalue weighted by Crippen LogP contribution is -2.51. The minimum absolute atomic E-state index is 0.0179. The van der Waals surface area contributed by atoms with E-state index in [0.29, 0.717) is 0 Å². The number of nitrogens with zero attached hydrogens (tertiary/aromatic N) is 1. The average Bonchev–Trinajstić information content (AvgIpc) is 3.04. The molecule has 3 atom stereocenters. The van der Waals surface area contributed by atoms with Crippen molar-refractivity contribution in [3.63, 3.8) is 0 Å². The molecule has 2 amide bonds. The number of amides is 2. The second kappa shape index (κ2) is 6.96. The zero-order valence-corrected chi connectivity index (χ0v) is 13.1. The highest BCUT2D eigenvalue weighted by Crippen LogP contribution is 2.39. The third kappa shape index (κ3) is 3.45. The lowest BCUT2D eigenvalue weighted by Gasteiger charge is -2.36. The predicted molar refractivity (Wildman–Crippen MR) is 86.6 cm³/mol. The number of fused-ring (bicyclic) bond motifs is 1. The van der Waals surface area contributed by atoms with E-state index in [1.165, 1.54) is 6.08 Å². The van der Waals surface area contributed by atoms with Crippen molar-refractivity contribution < 1.29 is 14.3 Å². The van der Waals surface area contributed by atoms with Gasteiger partial charge >= 0.3 is 0 Å². The summed E-state index contributed by atoms with van der Waals surface area (Å²) in [6, 6.07) is 10.2. The van der Waals surface area contributed by atoms with Crippen LogP contribution in [0.25, 0.3) is 0 Å². The fraction of sp³-hybridized carbons (Fsp3) is 0.444. The molecule has 3 rings (SSSR count). The Kier molecular flexibility index (Phi) is 4.76. The standard InChI is InChI=1S/C18H22N2O3/c1-2-17(21)19-12-18(22)20-10-6-9-15-14(20)11-16(23-15)13-7-4-3-5-8-13/h2-5,7-8,14-16H,1,6,9-12H2,(H,19,21)/t14-,15-,16-/m0/s1. The number of carbonyl (C=O) groups is 2. The molecule has 0 aliphatic carbocycles. The first-order chi connectivity index (χ1) is 11.2. The largest absolute Gasteiger partial charge is 0.368 e. The molecule has 122 valence electrons. The molecular formula is C18H22N2O3. The quantitative estimate of drug-likeness (QED) is 0.862. The lowest BCUT2D eigenvalue weighted by atomic mass is 9.95. The molecule has 0 spiro atoms. The van der Waals surface area contributed by atoms with Crippen molar-refractivity contribution in [3.8, 4) is 0 Å². The van der Waals surface area contributed by atoms with Crippen LogP contribution < -0.4 is 5.32 Å². The van der Waals surface area contributed by atoms with Gasteiger partial charge in [-0.1, -0.05) is 36.9 Å². The number of benzene rings is 1. The molecule has 1 aromatic rings. The normalized spacial score (nSPS) is 26.4. The Labute approximate surface area is 136 Å². The van der Waals surface area contributed by atoms with E-state index in [9.17, 15) is 9.59 Å². The molecule has 1 aromatic carbocycles. The predicted octanol–water partition coefficient (Wildman–Crippen LogP) is 1.81. The van der Waals surface area contributed by atoms with E-state index in [0.717, 1.165) is 31.4 Å². The van der Waals surface area contributed by atoms with E-state index in [1.54, 1.807) is 0 Å². The fourth-order valence-electron chi connectivity index (χ4n) is 3.47. The van der Waals surface area contributed by atoms with Gasteiger partial charge in [-0.15, -0.1) is 0 Å². The minimum Gasteiger partial charge on any atom is -0.368 e. The highest BCUT2D eigenvalue weighted by atomic mass is 16.5. The van der Waals surface area contributed by atoms with Gasteiger partial charge < -0.3 is 15.0 Å². The second-order valence-electron chi connectivity index (χ2n) is 6.03. The average molecular weight is 314 g/mol. The smallest absolute Gasteiger partial charge is 0.243 e. The molecule has 0 saturated carbocycles. The maximum absolute atomic E-state index is 12.4. The van der Waals surface area contributed by atoms with Crippen molar-refractivity contribution in [2.24, 2.45) is 0 Å². The van der Waals surface area contributed by atoms with E-state index in [2.05, 4.69) is 24.0 Å². The highest BCUT2D eigenvalue weighted by molar-refractivity contribution is 5.90. The number of rotatable bonds is 4. The third-order valence-corrected chi connectivity index (χ3v) is 4.60. The first-order valence-corrected chi connectivity index (χ1v) is 8.09. The van der Waals surface area contributed by atoms with Crippen LogP contribution in [0.3, 0.4) is 0 Å². The Bertz CT molecular complexity index is 587. The summed E-state index contributed by atoms with van der Waals surface area (Å²) in [5, 5.41) is 2.56. The number of hydrogen-bond acceptors (Lipinski definition) is 3. The maximum atomic E-state index is 12.4. The van der Waals surface area contributed by atoms with Gasteiger partial charge in [-0.05, 0) is 24.5 Å². The second-order valence-corrected chi connectivity index (χ2v) is 6.03. The maximum Gasteiger partial charge on any atom is 0.243 e. The van der Waals surface area contributed by atoms with E-state index in [-0.39, 0.29) is 36.6 Å². The van der Waals surface area contributed by atoms with Crippen LogP contribution in [0.5, 0.6) is 0 Å². The molecule has 23 heavy (non-hydrogen) atoms. The molecule has 2 saturated heterocycles. The summed E-state index contributed by atoms with van der Waals surface area (Å²) < 4.78 is 6.18. The zero-order chi connectivity index (χ0) is 16.2. The fourth-order valence-corrected chi connectivity index (χ4v) is 3.47. The summed E-state index contributed by atoms with van der Waals surface area (Å²) in [5.41, 5.74) is 1.16. The number of nitrogens with one attached hydrogen (secondary N) is 1. The van der Waals surface area contributed by atoms with Gasteiger partial charge in [-0.2, -0.15) is 0 Å². The first kappa shape index (κ1) is 15.7. The molecule has 0 bridgehead atoms. The number of likely N-dealkylation sites (tertiary alicyclic amines) is 1. The van der Waals surface area contributed by atoms with Crippen LogP contribution in [-0.2, 0) is 14.3 Å². The topological polar surface area (TPSA) is 58.6 Å². The molecule has 0 unspecified atom stereocenters. The number of ether oxygens (including phenoxy) is 1. The monoisotopic (exact) mass is 314 g/mol. The van der Waals surface area contributed by atoms with E-state index >= 15 is 0 Å². The molecule has 0 radical (unpaired) electrons. The molecule has 2 aliphatic rings. The van der Waals surface area contributed by atoms with Crippen molar-refractivity contribution >= 4 is 11.8 Å². The summed E-state index contributed by atoms with van der Waals surface area (Å²) in [6.07, 6.45) is 4.04. The number of carbonyl (C=O) groups excluding carboxylic acids is 2. The molecule has 0 aromatic heterocycles. The summed E-state index contributed by atoms with van der Waals surface area (Å²) in [6.45, 7) is 4.14. The summed E-state index contributed by atoms with van der Waals surface area (Å²) in [5.74, 6) is -0.371. The van der Waals surface area contributed by atoms with Gasteiger partial charge in [0.1, 0.15) is 0 Å². The SMILES string of the molecule is C=CC(=O)NCC(=O)N1CCC[C@@H]2O[C@H](c3ccccc3)C[C@@H]21. The molecule has 5 heteroatoms. The van der Waals surface area contributed by atoms with Gasteiger partial charge in [-0.25, -0.2) is 0 Å². The van der Waals surface area contributed by atoms with Crippen molar-refractivity contribution in [2.75, 3.05) is 13.1 Å². The van der Waals surface area contributed by atoms with Crippen LogP contribution in [0.15, 0.2) is 43.0 Å². The van der Waals surface area contributed by atoms with Gasteiger partial charge in [0.05, 0.1) is 24.8 Å². The van der Waals surface area contributed by atoms with Crippen molar-refractivity contribution in [1.29, 1.82) is 0 Å². The molecular weight excluding hydrogens is 292 g/mol. The van der Waals surface area contributed by atoms with Crippen molar-refractivity contribution in [1.82, 2.24) is 10.2 Å². The Morgan fingerprint density at radius 2 is 2.13 bits per heavy atom. The van der Waals surface area contributed by atoms with Gasteiger partial charge in [0, 0.05) is 13.0 Å². The Hall–Kier alpha value is -2.14. The molecule has 2 heterocycles. The van der Waals surface area contributed by atoms with Gasteiger partial charge in [0.2, 0.25) is 11.8 Å². The van der Waals surface area contributed by atoms with Crippen LogP contribution in [0.1, 0.15) is 30.9 Å². The molecule has 2 aliphatic heterocycles. The number of piperidine rings is 1. The van der Waals surface area contributed by atoms with Crippen LogP contribution in [-0.4, -0.2) is 41.9 Å². The molecule has 2 fully saturated rings. The number of hydrogen-bond donors (Lipinski definition) is 1. The summed E-state index contributed by atoms with van der Waals surface area (Å²) in [4.78, 5) is 25.5.